The predicted molar refractivity (Wildman–Crippen MR) is 61.2 cm³/mol. The molecule has 0 unspecified atom stereocenters. The van der Waals surface area contributed by atoms with Crippen molar-refractivity contribution in [2.75, 3.05) is 13.1 Å². The van der Waals surface area contributed by atoms with Crippen LogP contribution in [0.4, 0.5) is 0 Å². The maximum absolute atomic E-state index is 12.0. The Bertz CT molecular complexity index is 341. The Hall–Kier alpha value is -1.09. The first-order chi connectivity index (χ1) is 7.08. The Morgan fingerprint density at radius 3 is 2.47 bits per heavy atom. The lowest BCUT2D eigenvalue weighted by Crippen LogP contribution is -2.30. The standard InChI is InChI=1S/C11H15ClN2O/c1-4-14(5-2)11(15)9-6-8(3)13-10(12)7-9/h6-7H,4-5H2,1-3H3. The zero-order valence-corrected chi connectivity index (χ0v) is 10.0. The van der Waals surface area contributed by atoms with Crippen LogP contribution >= 0.6 is 11.6 Å². The second-order valence-electron chi connectivity index (χ2n) is 3.30. The normalized spacial score (nSPS) is 10.1. The smallest absolute Gasteiger partial charge is 0.254 e. The van der Waals surface area contributed by atoms with E-state index in [1.54, 1.807) is 17.0 Å². The van der Waals surface area contributed by atoms with Crippen molar-refractivity contribution in [2.45, 2.75) is 20.8 Å². The van der Waals surface area contributed by atoms with Crippen LogP contribution in [0.3, 0.4) is 0 Å². The number of rotatable bonds is 3. The molecule has 1 aromatic heterocycles. The van der Waals surface area contributed by atoms with Crippen molar-refractivity contribution in [3.8, 4) is 0 Å². The van der Waals surface area contributed by atoms with Crippen molar-refractivity contribution in [3.63, 3.8) is 0 Å². The molecule has 0 aliphatic rings. The summed E-state index contributed by atoms with van der Waals surface area (Å²) in [4.78, 5) is 17.7. The van der Waals surface area contributed by atoms with Crippen molar-refractivity contribution in [1.82, 2.24) is 9.88 Å². The lowest BCUT2D eigenvalue weighted by atomic mass is 10.2. The molecule has 0 aliphatic heterocycles. The molecular weight excluding hydrogens is 212 g/mol. The van der Waals surface area contributed by atoms with Crippen LogP contribution in [-0.4, -0.2) is 28.9 Å². The molecule has 0 spiro atoms. The van der Waals surface area contributed by atoms with E-state index in [9.17, 15) is 4.79 Å². The van der Waals surface area contributed by atoms with Gasteiger partial charge in [-0.3, -0.25) is 4.79 Å². The lowest BCUT2D eigenvalue weighted by Gasteiger charge is -2.18. The van der Waals surface area contributed by atoms with Gasteiger partial charge in [-0.25, -0.2) is 4.98 Å². The molecule has 0 aliphatic carbocycles. The van der Waals surface area contributed by atoms with E-state index >= 15 is 0 Å². The topological polar surface area (TPSA) is 33.2 Å². The van der Waals surface area contributed by atoms with Gasteiger partial charge in [0, 0.05) is 24.3 Å². The van der Waals surface area contributed by atoms with E-state index in [2.05, 4.69) is 4.98 Å². The number of aryl methyl sites for hydroxylation is 1. The summed E-state index contributed by atoms with van der Waals surface area (Å²) in [7, 11) is 0. The van der Waals surface area contributed by atoms with Crippen molar-refractivity contribution in [3.05, 3.63) is 28.5 Å². The minimum absolute atomic E-state index is 0.00685. The first kappa shape index (κ1) is 12.0. The molecule has 15 heavy (non-hydrogen) atoms. The lowest BCUT2D eigenvalue weighted by molar-refractivity contribution is 0.0773. The highest BCUT2D eigenvalue weighted by molar-refractivity contribution is 6.29. The first-order valence-electron chi connectivity index (χ1n) is 5.02. The van der Waals surface area contributed by atoms with Gasteiger partial charge in [0.15, 0.2) is 0 Å². The number of pyridine rings is 1. The number of hydrogen-bond donors (Lipinski definition) is 0. The number of halogens is 1. The summed E-state index contributed by atoms with van der Waals surface area (Å²) >= 11 is 5.80. The Morgan fingerprint density at radius 2 is 2.00 bits per heavy atom. The van der Waals surface area contributed by atoms with E-state index in [4.69, 9.17) is 11.6 Å². The van der Waals surface area contributed by atoms with Gasteiger partial charge < -0.3 is 4.90 Å². The predicted octanol–water partition coefficient (Wildman–Crippen LogP) is 2.53. The molecule has 0 atom stereocenters. The molecule has 1 heterocycles. The van der Waals surface area contributed by atoms with Gasteiger partial charge in [-0.15, -0.1) is 0 Å². The molecule has 1 amide bonds. The Balaban J connectivity index is 3.00. The van der Waals surface area contributed by atoms with Crippen LogP contribution in [0, 0.1) is 6.92 Å². The number of amides is 1. The maximum Gasteiger partial charge on any atom is 0.254 e. The third-order valence-electron chi connectivity index (χ3n) is 2.22. The van der Waals surface area contributed by atoms with Gasteiger partial charge in [0.25, 0.3) is 5.91 Å². The summed E-state index contributed by atoms with van der Waals surface area (Å²) in [5.74, 6) is 0.00685. The van der Waals surface area contributed by atoms with Gasteiger partial charge in [-0.2, -0.15) is 0 Å². The van der Waals surface area contributed by atoms with Crippen molar-refractivity contribution < 1.29 is 4.79 Å². The summed E-state index contributed by atoms with van der Waals surface area (Å²) in [6, 6.07) is 3.36. The van der Waals surface area contributed by atoms with Crippen molar-refractivity contribution in [1.29, 1.82) is 0 Å². The molecule has 0 bridgehead atoms. The largest absolute Gasteiger partial charge is 0.339 e. The zero-order valence-electron chi connectivity index (χ0n) is 9.25. The van der Waals surface area contributed by atoms with E-state index in [1.165, 1.54) is 0 Å². The monoisotopic (exact) mass is 226 g/mol. The summed E-state index contributed by atoms with van der Waals surface area (Å²) in [6.45, 7) is 7.14. The van der Waals surface area contributed by atoms with Crippen molar-refractivity contribution in [2.24, 2.45) is 0 Å². The fourth-order valence-corrected chi connectivity index (χ4v) is 1.70. The van der Waals surface area contributed by atoms with Crippen LogP contribution in [0.1, 0.15) is 29.9 Å². The molecule has 0 fully saturated rings. The fraction of sp³-hybridized carbons (Fsp3) is 0.455. The van der Waals surface area contributed by atoms with E-state index < -0.39 is 0 Å². The number of carbonyl (C=O) groups excluding carboxylic acids is 1. The molecule has 0 saturated carbocycles. The molecule has 4 heteroatoms. The zero-order chi connectivity index (χ0) is 11.4. The Labute approximate surface area is 95.1 Å². The number of nitrogens with zero attached hydrogens (tertiary/aromatic N) is 2. The quantitative estimate of drug-likeness (QED) is 0.743. The maximum atomic E-state index is 12.0. The number of hydrogen-bond acceptors (Lipinski definition) is 2. The number of carbonyl (C=O) groups is 1. The molecule has 0 N–H and O–H groups in total. The molecule has 0 radical (unpaired) electrons. The van der Waals surface area contributed by atoms with E-state index in [0.29, 0.717) is 23.8 Å². The SMILES string of the molecule is CCN(CC)C(=O)c1cc(C)nc(Cl)c1. The van der Waals surface area contributed by atoms with Crippen LogP contribution in [0.15, 0.2) is 12.1 Å². The van der Waals surface area contributed by atoms with Gasteiger partial charge in [-0.05, 0) is 32.9 Å². The second-order valence-corrected chi connectivity index (χ2v) is 3.68. The Kier molecular flexibility index (Phi) is 4.09. The van der Waals surface area contributed by atoms with Gasteiger partial charge in [0.05, 0.1) is 0 Å². The molecule has 0 saturated heterocycles. The van der Waals surface area contributed by atoms with Crippen LogP contribution < -0.4 is 0 Å². The second kappa shape index (κ2) is 5.12. The highest BCUT2D eigenvalue weighted by Crippen LogP contribution is 2.12. The summed E-state index contributed by atoms with van der Waals surface area (Å²) in [5, 5.41) is 0.366. The first-order valence-corrected chi connectivity index (χ1v) is 5.39. The average molecular weight is 227 g/mol. The third kappa shape index (κ3) is 2.93. The van der Waals surface area contributed by atoms with Crippen LogP contribution in [0.2, 0.25) is 5.15 Å². The third-order valence-corrected chi connectivity index (χ3v) is 2.41. The molecule has 0 aromatic carbocycles. The molecule has 1 rings (SSSR count). The van der Waals surface area contributed by atoms with Gasteiger partial charge in [0.2, 0.25) is 0 Å². The highest BCUT2D eigenvalue weighted by Gasteiger charge is 2.13. The van der Waals surface area contributed by atoms with E-state index in [1.807, 2.05) is 20.8 Å². The summed E-state index contributed by atoms with van der Waals surface area (Å²) in [5.41, 5.74) is 1.37. The fourth-order valence-electron chi connectivity index (χ4n) is 1.44. The van der Waals surface area contributed by atoms with Gasteiger partial charge in [0.1, 0.15) is 5.15 Å². The highest BCUT2D eigenvalue weighted by atomic mass is 35.5. The summed E-state index contributed by atoms with van der Waals surface area (Å²) < 4.78 is 0. The summed E-state index contributed by atoms with van der Waals surface area (Å²) in [6.07, 6.45) is 0. The number of aromatic nitrogens is 1. The van der Waals surface area contributed by atoms with Crippen molar-refractivity contribution >= 4 is 17.5 Å². The van der Waals surface area contributed by atoms with Crippen LogP contribution in [0.25, 0.3) is 0 Å². The minimum atomic E-state index is 0.00685. The van der Waals surface area contributed by atoms with E-state index in [0.717, 1.165) is 5.69 Å². The minimum Gasteiger partial charge on any atom is -0.339 e. The molecular formula is C11H15ClN2O. The van der Waals surface area contributed by atoms with Gasteiger partial charge >= 0.3 is 0 Å². The average Bonchev–Trinajstić information content (AvgIpc) is 2.18. The van der Waals surface area contributed by atoms with Gasteiger partial charge in [-0.1, -0.05) is 11.6 Å². The molecule has 82 valence electrons. The Morgan fingerprint density at radius 1 is 1.40 bits per heavy atom. The molecule has 3 nitrogen and oxygen atoms in total. The van der Waals surface area contributed by atoms with Crippen LogP contribution in [-0.2, 0) is 0 Å². The van der Waals surface area contributed by atoms with E-state index in [-0.39, 0.29) is 5.91 Å². The molecule has 1 aromatic rings. The van der Waals surface area contributed by atoms with Crippen LogP contribution in [0.5, 0.6) is 0 Å².